The number of likely N-dealkylation sites (N-methyl/N-ethyl adjacent to an activating group) is 1. The van der Waals surface area contributed by atoms with Gasteiger partial charge in [0, 0.05) is 54.8 Å². The lowest BCUT2D eigenvalue weighted by atomic mass is 9.76. The number of H-pyrrole nitrogens is 2. The Balaban J connectivity index is 1.78. The number of rotatable bonds is 11. The summed E-state index contributed by atoms with van der Waals surface area (Å²) >= 11 is 0. The van der Waals surface area contributed by atoms with Gasteiger partial charge in [-0.05, 0) is 73.8 Å². The van der Waals surface area contributed by atoms with Crippen molar-refractivity contribution in [2.24, 2.45) is 0 Å². The fraction of sp³-hybridized carbons (Fsp3) is 0.344. The van der Waals surface area contributed by atoms with Crippen molar-refractivity contribution >= 4 is 10.9 Å². The molecule has 0 aliphatic rings. The second-order valence-electron chi connectivity index (χ2n) is 10.5. The number of hydrogen-bond acceptors (Lipinski definition) is 3. The first kappa shape index (κ1) is 27.4. The quantitative estimate of drug-likeness (QED) is 0.191. The third kappa shape index (κ3) is 5.76. The minimum Gasteiger partial charge on any atom is -0.383 e. The lowest BCUT2D eigenvalue weighted by Crippen LogP contribution is -2.38. The maximum absolute atomic E-state index is 13.4. The molecule has 3 N–H and O–H groups in total. The van der Waals surface area contributed by atoms with Crippen molar-refractivity contribution in [2.45, 2.75) is 45.4 Å². The first-order chi connectivity index (χ1) is 18.3. The van der Waals surface area contributed by atoms with Crippen molar-refractivity contribution in [3.8, 4) is 11.3 Å². The van der Waals surface area contributed by atoms with Crippen molar-refractivity contribution in [3.05, 3.63) is 102 Å². The predicted octanol–water partition coefficient (Wildman–Crippen LogP) is 6.93. The summed E-state index contributed by atoms with van der Waals surface area (Å²) in [6.07, 6.45) is 9.22. The standard InChI is InChI=1S/C32H40FN5/c1-7-11-24(20-38(5)6)32(4,21-34-8-2)30-27(26-12-9-10-13-28(26)36-30)18-22(3)31-35-19-29(37-31)23-14-16-25(33)17-15-23/h7,9-17,19-20,22,34,36H,8,18,21H2,1-6H3,(H,35,37)/b11-7+,24-20+/t22-,32?/m1/s1. The number of halogens is 1. The van der Waals surface area contributed by atoms with E-state index >= 15 is 0 Å². The summed E-state index contributed by atoms with van der Waals surface area (Å²) in [5.74, 6) is 0.829. The largest absolute Gasteiger partial charge is 0.383 e. The molecular weight excluding hydrogens is 473 g/mol. The van der Waals surface area contributed by atoms with Crippen LogP contribution in [0.25, 0.3) is 22.2 Å². The van der Waals surface area contributed by atoms with Crippen molar-refractivity contribution < 1.29 is 4.39 Å². The molecule has 0 radical (unpaired) electrons. The zero-order valence-electron chi connectivity index (χ0n) is 23.4. The second kappa shape index (κ2) is 11.8. The minimum atomic E-state index is -0.288. The Morgan fingerprint density at radius 2 is 1.87 bits per heavy atom. The van der Waals surface area contributed by atoms with Crippen LogP contribution in [-0.2, 0) is 11.8 Å². The maximum atomic E-state index is 13.4. The van der Waals surface area contributed by atoms with E-state index in [0.29, 0.717) is 0 Å². The smallest absolute Gasteiger partial charge is 0.123 e. The molecule has 1 unspecified atom stereocenters. The average molecular weight is 514 g/mol. The highest BCUT2D eigenvalue weighted by Crippen LogP contribution is 2.39. The van der Waals surface area contributed by atoms with Gasteiger partial charge in [0.25, 0.3) is 0 Å². The summed E-state index contributed by atoms with van der Waals surface area (Å²) in [5, 5.41) is 4.87. The Hall–Kier alpha value is -3.64. The van der Waals surface area contributed by atoms with E-state index in [4.69, 9.17) is 4.98 Å². The van der Waals surface area contributed by atoms with Gasteiger partial charge >= 0.3 is 0 Å². The van der Waals surface area contributed by atoms with Gasteiger partial charge in [0.05, 0.1) is 11.9 Å². The number of nitrogens with one attached hydrogen (secondary N) is 3. The molecule has 6 heteroatoms. The molecule has 0 amide bonds. The topological polar surface area (TPSA) is 59.7 Å². The van der Waals surface area contributed by atoms with Crippen LogP contribution in [-0.4, -0.2) is 47.0 Å². The van der Waals surface area contributed by atoms with E-state index in [1.54, 1.807) is 12.1 Å². The van der Waals surface area contributed by atoms with Crippen molar-refractivity contribution in [3.63, 3.8) is 0 Å². The Morgan fingerprint density at radius 3 is 2.55 bits per heavy atom. The van der Waals surface area contributed by atoms with E-state index in [-0.39, 0.29) is 17.2 Å². The first-order valence-corrected chi connectivity index (χ1v) is 13.4. The molecule has 0 aliphatic heterocycles. The molecule has 200 valence electrons. The number of hydrogen-bond donors (Lipinski definition) is 3. The molecule has 2 atom stereocenters. The number of benzene rings is 2. The third-order valence-electron chi connectivity index (χ3n) is 7.20. The summed E-state index contributed by atoms with van der Waals surface area (Å²) in [4.78, 5) is 14.1. The van der Waals surface area contributed by atoms with Gasteiger partial charge in [0.1, 0.15) is 11.6 Å². The highest BCUT2D eigenvalue weighted by atomic mass is 19.1. The zero-order valence-corrected chi connectivity index (χ0v) is 23.4. The Labute approximate surface area is 225 Å². The molecule has 38 heavy (non-hydrogen) atoms. The molecule has 2 aromatic carbocycles. The Morgan fingerprint density at radius 1 is 1.13 bits per heavy atom. The molecule has 0 aliphatic carbocycles. The van der Waals surface area contributed by atoms with E-state index in [2.05, 4.69) is 105 Å². The molecule has 2 heterocycles. The first-order valence-electron chi connectivity index (χ1n) is 13.4. The molecule has 4 rings (SSSR count). The van der Waals surface area contributed by atoms with Crippen LogP contribution in [0.15, 0.2) is 78.7 Å². The van der Waals surface area contributed by atoms with E-state index in [0.717, 1.165) is 42.1 Å². The van der Waals surface area contributed by atoms with Gasteiger partial charge in [-0.3, -0.25) is 0 Å². The number of imidazole rings is 1. The van der Waals surface area contributed by atoms with Gasteiger partial charge in [0.2, 0.25) is 0 Å². The summed E-state index contributed by atoms with van der Waals surface area (Å²) in [6, 6.07) is 15.1. The summed E-state index contributed by atoms with van der Waals surface area (Å²) in [5.41, 5.74) is 6.45. The van der Waals surface area contributed by atoms with Crippen LogP contribution in [0.5, 0.6) is 0 Å². The van der Waals surface area contributed by atoms with Gasteiger partial charge in [-0.25, -0.2) is 9.37 Å². The molecule has 0 saturated carbocycles. The highest BCUT2D eigenvalue weighted by Gasteiger charge is 2.35. The number of nitrogens with zero attached hydrogens (tertiary/aromatic N) is 2. The van der Waals surface area contributed by atoms with Gasteiger partial charge in [-0.2, -0.15) is 0 Å². The molecule has 0 bridgehead atoms. The molecule has 2 aromatic heterocycles. The fourth-order valence-corrected chi connectivity index (χ4v) is 5.19. The number of allylic oxidation sites excluding steroid dienone is 2. The molecule has 0 spiro atoms. The summed E-state index contributed by atoms with van der Waals surface area (Å²) in [7, 11) is 4.14. The lowest BCUT2D eigenvalue weighted by Gasteiger charge is -2.33. The van der Waals surface area contributed by atoms with Crippen LogP contribution >= 0.6 is 0 Å². The number of fused-ring (bicyclic) bond motifs is 1. The van der Waals surface area contributed by atoms with Crippen LogP contribution in [0.1, 0.15) is 50.7 Å². The average Bonchev–Trinajstić information content (AvgIpc) is 3.53. The molecule has 4 aromatic rings. The van der Waals surface area contributed by atoms with E-state index in [1.165, 1.54) is 34.3 Å². The number of aromatic amines is 2. The molecule has 0 saturated heterocycles. The van der Waals surface area contributed by atoms with E-state index in [9.17, 15) is 4.39 Å². The van der Waals surface area contributed by atoms with Crippen molar-refractivity contribution in [1.29, 1.82) is 0 Å². The van der Waals surface area contributed by atoms with Gasteiger partial charge in [-0.1, -0.05) is 44.2 Å². The van der Waals surface area contributed by atoms with Gasteiger partial charge in [-0.15, -0.1) is 0 Å². The summed E-state index contributed by atoms with van der Waals surface area (Å²) in [6.45, 7) is 10.4. The van der Waals surface area contributed by atoms with Crippen LogP contribution < -0.4 is 5.32 Å². The monoisotopic (exact) mass is 513 g/mol. The third-order valence-corrected chi connectivity index (χ3v) is 7.20. The van der Waals surface area contributed by atoms with Crippen molar-refractivity contribution in [2.75, 3.05) is 27.2 Å². The number of aromatic nitrogens is 3. The Kier molecular flexibility index (Phi) is 8.52. The minimum absolute atomic E-state index is 0.147. The Bertz CT molecular complexity index is 1410. The van der Waals surface area contributed by atoms with Crippen LogP contribution in [0.4, 0.5) is 4.39 Å². The second-order valence-corrected chi connectivity index (χ2v) is 10.5. The number of para-hydroxylation sites is 1. The van der Waals surface area contributed by atoms with Gasteiger partial charge < -0.3 is 20.2 Å². The predicted molar refractivity (Wildman–Crippen MR) is 157 cm³/mol. The van der Waals surface area contributed by atoms with Crippen LogP contribution in [0.2, 0.25) is 0 Å². The van der Waals surface area contributed by atoms with Crippen molar-refractivity contribution in [1.82, 2.24) is 25.2 Å². The van der Waals surface area contributed by atoms with Crippen LogP contribution in [0.3, 0.4) is 0 Å². The van der Waals surface area contributed by atoms with Gasteiger partial charge in [0.15, 0.2) is 0 Å². The fourth-order valence-electron chi connectivity index (χ4n) is 5.19. The lowest BCUT2D eigenvalue weighted by molar-refractivity contribution is 0.475. The normalized spacial score (nSPS) is 14.8. The highest BCUT2D eigenvalue weighted by molar-refractivity contribution is 5.85. The summed E-state index contributed by atoms with van der Waals surface area (Å²) < 4.78 is 13.4. The zero-order chi connectivity index (χ0) is 27.3. The maximum Gasteiger partial charge on any atom is 0.123 e. The van der Waals surface area contributed by atoms with Crippen LogP contribution in [0, 0.1) is 5.82 Å². The molecular formula is C32H40FN5. The van der Waals surface area contributed by atoms with E-state index in [1.807, 2.05) is 6.20 Å². The molecule has 5 nitrogen and oxygen atoms in total. The van der Waals surface area contributed by atoms with E-state index < -0.39 is 0 Å². The SMILES string of the molecule is C/C=C/C(=C\N(C)C)C(C)(CNCC)c1[nH]c2ccccc2c1C[C@@H](C)c1ncc(-c2ccc(F)cc2)[nH]1. The molecule has 0 fully saturated rings.